The van der Waals surface area contributed by atoms with Gasteiger partial charge in [-0.2, -0.15) is 0 Å². The molecular formula is C14H16BrNO3. The monoisotopic (exact) mass is 325 g/mol. The zero-order valence-electron chi connectivity index (χ0n) is 10.5. The number of rotatable bonds is 5. The summed E-state index contributed by atoms with van der Waals surface area (Å²) in [4.78, 5) is 24.9. The Morgan fingerprint density at radius 1 is 1.37 bits per heavy atom. The first-order valence-electron chi connectivity index (χ1n) is 6.31. The van der Waals surface area contributed by atoms with Crippen molar-refractivity contribution in [3.8, 4) is 0 Å². The first-order chi connectivity index (χ1) is 9.22. The number of amides is 2. The molecule has 4 nitrogen and oxygen atoms in total. The highest BCUT2D eigenvalue weighted by atomic mass is 79.9. The summed E-state index contributed by atoms with van der Waals surface area (Å²) in [5.41, 5.74) is 1.10. The van der Waals surface area contributed by atoms with Crippen LogP contribution in [0.15, 0.2) is 30.3 Å². The van der Waals surface area contributed by atoms with Gasteiger partial charge in [-0.15, -0.1) is 0 Å². The lowest BCUT2D eigenvalue weighted by Gasteiger charge is -2.19. The van der Waals surface area contributed by atoms with Crippen molar-refractivity contribution in [2.24, 2.45) is 0 Å². The molecule has 1 aliphatic heterocycles. The lowest BCUT2D eigenvalue weighted by molar-refractivity contribution is -0.129. The van der Waals surface area contributed by atoms with Crippen LogP contribution in [-0.4, -0.2) is 34.9 Å². The van der Waals surface area contributed by atoms with Gasteiger partial charge in [-0.05, 0) is 18.4 Å². The van der Waals surface area contributed by atoms with Crippen molar-refractivity contribution in [3.05, 3.63) is 35.9 Å². The van der Waals surface area contributed by atoms with E-state index in [1.54, 1.807) is 0 Å². The number of halogens is 1. The molecule has 1 heterocycles. The molecule has 0 spiro atoms. The summed E-state index contributed by atoms with van der Waals surface area (Å²) in [7, 11) is 0. The lowest BCUT2D eigenvalue weighted by atomic mass is 10.1. The van der Waals surface area contributed by atoms with Gasteiger partial charge in [-0.3, -0.25) is 4.79 Å². The Kier molecular flexibility index (Phi) is 4.96. The van der Waals surface area contributed by atoms with Crippen molar-refractivity contribution >= 4 is 27.9 Å². The predicted molar refractivity (Wildman–Crippen MR) is 75.2 cm³/mol. The molecule has 1 aromatic carbocycles. The predicted octanol–water partition coefficient (Wildman–Crippen LogP) is 2.75. The highest BCUT2D eigenvalue weighted by molar-refractivity contribution is 9.09. The molecular weight excluding hydrogens is 310 g/mol. The molecule has 0 N–H and O–H groups in total. The van der Waals surface area contributed by atoms with Crippen LogP contribution < -0.4 is 0 Å². The summed E-state index contributed by atoms with van der Waals surface area (Å²) in [6.45, 7) is 0.285. The number of carbonyl (C=O) groups excluding carboxylic acids is 2. The highest BCUT2D eigenvalue weighted by Gasteiger charge is 2.37. The zero-order valence-corrected chi connectivity index (χ0v) is 12.1. The van der Waals surface area contributed by atoms with Gasteiger partial charge in [-0.1, -0.05) is 46.3 Å². The van der Waals surface area contributed by atoms with Crippen LogP contribution in [0.2, 0.25) is 0 Å². The average molecular weight is 326 g/mol. The van der Waals surface area contributed by atoms with Crippen molar-refractivity contribution in [1.82, 2.24) is 4.90 Å². The molecule has 1 aromatic rings. The molecule has 2 rings (SSSR count). The second kappa shape index (κ2) is 6.70. The minimum Gasteiger partial charge on any atom is -0.447 e. The van der Waals surface area contributed by atoms with Crippen molar-refractivity contribution in [2.45, 2.75) is 25.3 Å². The smallest absolute Gasteiger partial charge is 0.416 e. The summed E-state index contributed by atoms with van der Waals surface area (Å²) in [6.07, 6.45) is 1.22. The van der Waals surface area contributed by atoms with E-state index in [1.165, 1.54) is 4.90 Å². The Bertz CT molecular complexity index is 449. The number of carbonyl (C=O) groups is 2. The molecule has 0 bridgehead atoms. The maximum absolute atomic E-state index is 12.0. The molecule has 19 heavy (non-hydrogen) atoms. The van der Waals surface area contributed by atoms with Crippen LogP contribution in [0.25, 0.3) is 0 Å². The molecule has 0 aliphatic carbocycles. The third-order valence-electron chi connectivity index (χ3n) is 3.07. The molecule has 0 unspecified atom stereocenters. The van der Waals surface area contributed by atoms with Gasteiger partial charge in [0, 0.05) is 11.8 Å². The third kappa shape index (κ3) is 3.56. The van der Waals surface area contributed by atoms with E-state index in [0.717, 1.165) is 17.3 Å². The van der Waals surface area contributed by atoms with Crippen LogP contribution in [0.4, 0.5) is 4.79 Å². The Hall–Kier alpha value is -1.36. The SMILES string of the molecule is O=C(CCCBr)N1C(=O)OC[C@@H]1Cc1ccccc1. The van der Waals surface area contributed by atoms with E-state index in [0.29, 0.717) is 12.8 Å². The zero-order chi connectivity index (χ0) is 13.7. The Labute approximate surface area is 120 Å². The molecule has 0 aromatic heterocycles. The minimum atomic E-state index is -0.513. The van der Waals surface area contributed by atoms with Gasteiger partial charge in [-0.25, -0.2) is 9.69 Å². The van der Waals surface area contributed by atoms with Gasteiger partial charge in [0.05, 0.1) is 6.04 Å². The normalized spacial score (nSPS) is 18.5. The summed E-state index contributed by atoms with van der Waals surface area (Å²) in [6, 6.07) is 9.64. The van der Waals surface area contributed by atoms with Crippen LogP contribution >= 0.6 is 15.9 Å². The number of nitrogens with zero attached hydrogens (tertiary/aromatic N) is 1. The first-order valence-corrected chi connectivity index (χ1v) is 7.43. The summed E-state index contributed by atoms with van der Waals surface area (Å²) < 4.78 is 5.01. The summed E-state index contributed by atoms with van der Waals surface area (Å²) >= 11 is 3.28. The van der Waals surface area contributed by atoms with Crippen molar-refractivity contribution < 1.29 is 14.3 Å². The van der Waals surface area contributed by atoms with E-state index in [9.17, 15) is 9.59 Å². The van der Waals surface area contributed by atoms with E-state index in [2.05, 4.69) is 15.9 Å². The van der Waals surface area contributed by atoms with Gasteiger partial charge < -0.3 is 4.74 Å². The molecule has 2 amide bonds. The minimum absolute atomic E-state index is 0.150. The van der Waals surface area contributed by atoms with E-state index in [1.807, 2.05) is 30.3 Å². The van der Waals surface area contributed by atoms with Crippen molar-refractivity contribution in [1.29, 1.82) is 0 Å². The molecule has 5 heteroatoms. The maximum Gasteiger partial charge on any atom is 0.416 e. The number of alkyl halides is 1. The summed E-state index contributed by atoms with van der Waals surface area (Å²) in [5.74, 6) is -0.150. The molecule has 1 saturated heterocycles. The topological polar surface area (TPSA) is 46.6 Å². The van der Waals surface area contributed by atoms with Gasteiger partial charge in [0.1, 0.15) is 6.61 Å². The molecule has 102 valence electrons. The average Bonchev–Trinajstić information content (AvgIpc) is 2.78. The van der Waals surface area contributed by atoms with Crippen molar-refractivity contribution in [3.63, 3.8) is 0 Å². The molecule has 1 atom stereocenters. The molecule has 0 saturated carbocycles. The number of benzene rings is 1. The van der Waals surface area contributed by atoms with Gasteiger partial charge in [0.2, 0.25) is 5.91 Å². The highest BCUT2D eigenvalue weighted by Crippen LogP contribution is 2.18. The third-order valence-corrected chi connectivity index (χ3v) is 3.63. The Morgan fingerprint density at radius 3 is 2.79 bits per heavy atom. The molecule has 0 radical (unpaired) electrons. The van der Waals surface area contributed by atoms with Gasteiger partial charge in [0.15, 0.2) is 0 Å². The largest absolute Gasteiger partial charge is 0.447 e. The number of hydrogen-bond acceptors (Lipinski definition) is 3. The summed E-state index contributed by atoms with van der Waals surface area (Å²) in [5, 5.41) is 0.755. The second-order valence-corrected chi connectivity index (χ2v) is 5.27. The van der Waals surface area contributed by atoms with E-state index in [4.69, 9.17) is 4.74 Å². The molecule has 1 aliphatic rings. The fourth-order valence-corrected chi connectivity index (χ4v) is 2.42. The molecule has 1 fully saturated rings. The van der Waals surface area contributed by atoms with E-state index in [-0.39, 0.29) is 18.6 Å². The van der Waals surface area contributed by atoms with Crippen LogP contribution in [0.3, 0.4) is 0 Å². The number of hydrogen-bond donors (Lipinski definition) is 0. The van der Waals surface area contributed by atoms with Gasteiger partial charge in [0.25, 0.3) is 0 Å². The van der Waals surface area contributed by atoms with Crippen LogP contribution in [-0.2, 0) is 16.0 Å². The van der Waals surface area contributed by atoms with Crippen LogP contribution in [0.1, 0.15) is 18.4 Å². The van der Waals surface area contributed by atoms with Gasteiger partial charge >= 0.3 is 6.09 Å². The first kappa shape index (κ1) is 14.1. The van der Waals surface area contributed by atoms with E-state index < -0.39 is 6.09 Å². The Balaban J connectivity index is 2.03. The number of ether oxygens (including phenoxy) is 1. The second-order valence-electron chi connectivity index (χ2n) is 4.48. The lowest BCUT2D eigenvalue weighted by Crippen LogP contribution is -2.40. The number of cyclic esters (lactones) is 1. The van der Waals surface area contributed by atoms with Crippen LogP contribution in [0.5, 0.6) is 0 Å². The quantitative estimate of drug-likeness (QED) is 0.782. The fraction of sp³-hybridized carbons (Fsp3) is 0.429. The number of imide groups is 1. The fourth-order valence-electron chi connectivity index (χ4n) is 2.14. The maximum atomic E-state index is 12.0. The van der Waals surface area contributed by atoms with Crippen LogP contribution in [0, 0.1) is 0 Å². The standard InChI is InChI=1S/C14H16BrNO3/c15-8-4-7-13(17)16-12(10-19-14(16)18)9-11-5-2-1-3-6-11/h1-3,5-6,12H,4,7-10H2/t12-/m0/s1. The Morgan fingerprint density at radius 2 is 2.11 bits per heavy atom. The van der Waals surface area contributed by atoms with E-state index >= 15 is 0 Å². The van der Waals surface area contributed by atoms with Crippen molar-refractivity contribution in [2.75, 3.05) is 11.9 Å².